The molecule has 0 aliphatic heterocycles. The molecular formula is C10H13N3O2. The zero-order valence-corrected chi connectivity index (χ0v) is 8.56. The van der Waals surface area contributed by atoms with Gasteiger partial charge in [-0.1, -0.05) is 0 Å². The summed E-state index contributed by atoms with van der Waals surface area (Å²) in [5.74, 6) is 0.963. The van der Waals surface area contributed by atoms with Gasteiger partial charge in [0.15, 0.2) is 0 Å². The number of rotatable bonds is 4. The van der Waals surface area contributed by atoms with Gasteiger partial charge in [0.25, 0.3) is 0 Å². The smallest absolute Gasteiger partial charge is 0.325 e. The zero-order valence-electron chi connectivity index (χ0n) is 8.56. The van der Waals surface area contributed by atoms with Crippen molar-refractivity contribution in [2.45, 2.75) is 18.8 Å². The van der Waals surface area contributed by atoms with Gasteiger partial charge in [-0.05, 0) is 12.8 Å². The molecule has 1 N–H and O–H groups in total. The highest BCUT2D eigenvalue weighted by molar-refractivity contribution is 5.74. The molecule has 5 nitrogen and oxygen atoms in total. The van der Waals surface area contributed by atoms with E-state index in [1.54, 1.807) is 0 Å². The van der Waals surface area contributed by atoms with Gasteiger partial charge in [-0.15, -0.1) is 0 Å². The van der Waals surface area contributed by atoms with Gasteiger partial charge in [0, 0.05) is 17.7 Å². The summed E-state index contributed by atoms with van der Waals surface area (Å²) in [5, 5.41) is 2.89. The average Bonchev–Trinajstić information content (AvgIpc) is 3.10. The van der Waals surface area contributed by atoms with Crippen LogP contribution in [0.25, 0.3) is 0 Å². The Balaban J connectivity index is 1.95. The van der Waals surface area contributed by atoms with E-state index < -0.39 is 0 Å². The lowest BCUT2D eigenvalue weighted by molar-refractivity contribution is -0.138. The van der Waals surface area contributed by atoms with Crippen LogP contribution in [0, 0.1) is 0 Å². The number of aromatic nitrogens is 2. The predicted molar refractivity (Wildman–Crippen MR) is 54.5 cm³/mol. The van der Waals surface area contributed by atoms with Crippen LogP contribution in [0.2, 0.25) is 0 Å². The molecule has 0 amide bonds. The third kappa shape index (κ3) is 2.65. The maximum Gasteiger partial charge on any atom is 0.325 e. The first-order valence-corrected chi connectivity index (χ1v) is 4.92. The lowest BCUT2D eigenvalue weighted by atomic mass is 10.3. The molecule has 1 aromatic rings. The first-order chi connectivity index (χ1) is 7.29. The first-order valence-electron chi connectivity index (χ1n) is 4.92. The molecule has 80 valence electrons. The minimum atomic E-state index is -0.304. The highest BCUT2D eigenvalue weighted by Gasteiger charge is 2.25. The molecule has 1 saturated carbocycles. The van der Waals surface area contributed by atoms with E-state index in [2.05, 4.69) is 20.0 Å². The summed E-state index contributed by atoms with van der Waals surface area (Å²) in [6.07, 6.45) is 3.92. The fourth-order valence-electron chi connectivity index (χ4n) is 1.31. The fraction of sp³-hybridized carbons (Fsp3) is 0.500. The van der Waals surface area contributed by atoms with Crippen molar-refractivity contribution in [1.29, 1.82) is 0 Å². The highest BCUT2D eigenvalue weighted by Crippen LogP contribution is 2.39. The van der Waals surface area contributed by atoms with Crippen LogP contribution in [0.4, 0.5) is 5.82 Å². The lowest BCUT2D eigenvalue weighted by Gasteiger charge is -2.04. The molecule has 2 rings (SSSR count). The summed E-state index contributed by atoms with van der Waals surface area (Å²) in [6.45, 7) is 0.137. The number of hydrogen-bond donors (Lipinski definition) is 1. The van der Waals surface area contributed by atoms with Crippen LogP contribution in [0.5, 0.6) is 0 Å². The molecule has 1 aliphatic rings. The van der Waals surface area contributed by atoms with Gasteiger partial charge in [0.1, 0.15) is 18.7 Å². The third-order valence-corrected chi connectivity index (χ3v) is 2.33. The normalized spacial score (nSPS) is 14.7. The fourth-order valence-corrected chi connectivity index (χ4v) is 1.31. The van der Waals surface area contributed by atoms with Crippen LogP contribution in [-0.2, 0) is 9.53 Å². The molecule has 15 heavy (non-hydrogen) atoms. The van der Waals surface area contributed by atoms with Crippen molar-refractivity contribution in [3.63, 3.8) is 0 Å². The SMILES string of the molecule is COC(=O)CNc1cc(C2CC2)ncn1. The molecule has 0 radical (unpaired) electrons. The Labute approximate surface area is 87.9 Å². The Kier molecular flexibility index (Phi) is 2.80. The molecule has 0 aromatic carbocycles. The van der Waals surface area contributed by atoms with E-state index in [1.807, 2.05) is 6.07 Å². The van der Waals surface area contributed by atoms with E-state index in [-0.39, 0.29) is 12.5 Å². The van der Waals surface area contributed by atoms with Gasteiger partial charge in [-0.2, -0.15) is 0 Å². The first kappa shape index (κ1) is 9.89. The maximum absolute atomic E-state index is 10.9. The second kappa shape index (κ2) is 4.25. The number of carbonyl (C=O) groups excluding carboxylic acids is 1. The van der Waals surface area contributed by atoms with Crippen molar-refractivity contribution in [2.24, 2.45) is 0 Å². The van der Waals surface area contributed by atoms with Crippen molar-refractivity contribution in [3.05, 3.63) is 18.1 Å². The van der Waals surface area contributed by atoms with Gasteiger partial charge in [-0.3, -0.25) is 4.79 Å². The third-order valence-electron chi connectivity index (χ3n) is 2.33. The summed E-state index contributed by atoms with van der Waals surface area (Å²) in [5.41, 5.74) is 1.05. The summed E-state index contributed by atoms with van der Waals surface area (Å²) in [7, 11) is 1.36. The van der Waals surface area contributed by atoms with Crippen molar-refractivity contribution in [1.82, 2.24) is 9.97 Å². The molecule has 1 aliphatic carbocycles. The molecule has 1 aromatic heterocycles. The molecule has 5 heteroatoms. The number of anilines is 1. The molecular weight excluding hydrogens is 194 g/mol. The number of nitrogens with zero attached hydrogens (tertiary/aromatic N) is 2. The second-order valence-corrected chi connectivity index (χ2v) is 3.53. The number of ether oxygens (including phenoxy) is 1. The van der Waals surface area contributed by atoms with Crippen LogP contribution in [0.15, 0.2) is 12.4 Å². The Morgan fingerprint density at radius 1 is 1.60 bits per heavy atom. The van der Waals surface area contributed by atoms with Crippen LogP contribution < -0.4 is 5.32 Å². The molecule has 1 fully saturated rings. The largest absolute Gasteiger partial charge is 0.468 e. The van der Waals surface area contributed by atoms with Crippen molar-refractivity contribution in [2.75, 3.05) is 19.0 Å². The summed E-state index contributed by atoms with van der Waals surface area (Å²) in [6, 6.07) is 1.89. The highest BCUT2D eigenvalue weighted by atomic mass is 16.5. The molecule has 0 spiro atoms. The molecule has 0 unspecified atom stereocenters. The Hall–Kier alpha value is -1.65. The van der Waals surface area contributed by atoms with E-state index in [9.17, 15) is 4.79 Å². The Morgan fingerprint density at radius 2 is 2.40 bits per heavy atom. The predicted octanol–water partition coefficient (Wildman–Crippen LogP) is 0.939. The number of nitrogens with one attached hydrogen (secondary N) is 1. The van der Waals surface area contributed by atoms with Crippen molar-refractivity contribution >= 4 is 11.8 Å². The number of methoxy groups -OCH3 is 1. The molecule has 1 heterocycles. The van der Waals surface area contributed by atoms with Gasteiger partial charge in [0.2, 0.25) is 0 Å². The van der Waals surface area contributed by atoms with E-state index in [0.29, 0.717) is 11.7 Å². The monoisotopic (exact) mass is 207 g/mol. The number of esters is 1. The van der Waals surface area contributed by atoms with Crippen LogP contribution in [0.1, 0.15) is 24.5 Å². The Bertz CT molecular complexity index is 363. The average molecular weight is 207 g/mol. The zero-order chi connectivity index (χ0) is 10.7. The second-order valence-electron chi connectivity index (χ2n) is 3.53. The van der Waals surface area contributed by atoms with Gasteiger partial charge >= 0.3 is 5.97 Å². The van der Waals surface area contributed by atoms with Crippen LogP contribution in [-0.4, -0.2) is 29.6 Å². The molecule has 0 bridgehead atoms. The Morgan fingerprint density at radius 3 is 3.07 bits per heavy atom. The molecule has 0 atom stereocenters. The van der Waals surface area contributed by atoms with Crippen LogP contribution in [0.3, 0.4) is 0 Å². The quantitative estimate of drug-likeness (QED) is 0.744. The van der Waals surface area contributed by atoms with Crippen LogP contribution >= 0.6 is 0 Å². The van der Waals surface area contributed by atoms with E-state index in [4.69, 9.17) is 0 Å². The minimum Gasteiger partial charge on any atom is -0.468 e. The van der Waals surface area contributed by atoms with Gasteiger partial charge in [0.05, 0.1) is 7.11 Å². The van der Waals surface area contributed by atoms with E-state index in [1.165, 1.54) is 26.3 Å². The van der Waals surface area contributed by atoms with E-state index >= 15 is 0 Å². The standard InChI is InChI=1S/C10H13N3O2/c1-15-10(14)5-11-9-4-8(7-2-3-7)12-6-13-9/h4,6-7H,2-3,5H2,1H3,(H,11,12,13). The number of carbonyl (C=O) groups is 1. The van der Waals surface area contributed by atoms with Crippen molar-refractivity contribution < 1.29 is 9.53 Å². The lowest BCUT2D eigenvalue weighted by Crippen LogP contribution is -2.15. The number of hydrogen-bond acceptors (Lipinski definition) is 5. The molecule has 0 saturated heterocycles. The van der Waals surface area contributed by atoms with Gasteiger partial charge < -0.3 is 10.1 Å². The van der Waals surface area contributed by atoms with Gasteiger partial charge in [-0.25, -0.2) is 9.97 Å². The maximum atomic E-state index is 10.9. The van der Waals surface area contributed by atoms with Crippen molar-refractivity contribution in [3.8, 4) is 0 Å². The van der Waals surface area contributed by atoms with E-state index in [0.717, 1.165) is 5.69 Å². The summed E-state index contributed by atoms with van der Waals surface area (Å²) >= 11 is 0. The summed E-state index contributed by atoms with van der Waals surface area (Å²) < 4.78 is 4.52. The topological polar surface area (TPSA) is 64.1 Å². The summed E-state index contributed by atoms with van der Waals surface area (Å²) in [4.78, 5) is 19.1. The minimum absolute atomic E-state index is 0.137.